The summed E-state index contributed by atoms with van der Waals surface area (Å²) in [5.74, 6) is 0. The first-order chi connectivity index (χ1) is 8.84. The molecule has 18 heavy (non-hydrogen) atoms. The normalized spacial score (nSPS) is 14.2. The molecule has 0 aliphatic carbocycles. The average molecular weight is 235 g/mol. The van der Waals surface area contributed by atoms with Crippen molar-refractivity contribution in [3.8, 4) is 0 Å². The van der Waals surface area contributed by atoms with Gasteiger partial charge in [-0.1, -0.05) is 24.3 Å². The van der Waals surface area contributed by atoms with Crippen LogP contribution < -0.4 is 5.56 Å². The van der Waals surface area contributed by atoms with Crippen LogP contribution >= 0.6 is 0 Å². The largest absolute Gasteiger partial charge is 0.308 e. The summed E-state index contributed by atoms with van der Waals surface area (Å²) in [5, 5.41) is 3.72. The maximum atomic E-state index is 11.9. The predicted molar refractivity (Wildman–Crippen MR) is 74.0 cm³/mol. The van der Waals surface area contributed by atoms with Crippen molar-refractivity contribution in [1.82, 2.24) is 4.57 Å². The van der Waals surface area contributed by atoms with Gasteiger partial charge in [-0.05, 0) is 41.3 Å². The fourth-order valence-corrected chi connectivity index (χ4v) is 3.11. The van der Waals surface area contributed by atoms with Crippen LogP contribution in [-0.2, 0) is 13.0 Å². The third kappa shape index (κ3) is 1.20. The predicted octanol–water partition coefficient (Wildman–Crippen LogP) is 3.10. The van der Waals surface area contributed by atoms with Crippen molar-refractivity contribution in [2.75, 3.05) is 0 Å². The summed E-state index contributed by atoms with van der Waals surface area (Å²) in [6.45, 7) is 0.849. The molecular weight excluding hydrogens is 222 g/mol. The molecule has 0 saturated heterocycles. The smallest absolute Gasteiger partial charge is 0.251 e. The lowest BCUT2D eigenvalue weighted by Gasteiger charge is -2.20. The molecule has 2 heteroatoms. The van der Waals surface area contributed by atoms with Crippen molar-refractivity contribution < 1.29 is 0 Å². The first-order valence-corrected chi connectivity index (χ1v) is 6.39. The van der Waals surface area contributed by atoms with Crippen molar-refractivity contribution >= 4 is 21.7 Å². The average Bonchev–Trinajstić information content (AvgIpc) is 2.42. The molecule has 1 aliphatic heterocycles. The minimum atomic E-state index is 0.124. The molecule has 0 radical (unpaired) electrons. The summed E-state index contributed by atoms with van der Waals surface area (Å²) >= 11 is 0. The number of nitrogens with zero attached hydrogens (tertiary/aromatic N) is 1. The molecule has 0 bridgehead atoms. The van der Waals surface area contributed by atoms with E-state index >= 15 is 0 Å². The fourth-order valence-electron chi connectivity index (χ4n) is 3.11. The SMILES string of the molecule is O=c1ccc2c3ccccc3cc3c2n1CCC3. The molecule has 0 fully saturated rings. The zero-order valence-corrected chi connectivity index (χ0v) is 10.0. The summed E-state index contributed by atoms with van der Waals surface area (Å²) < 4.78 is 1.93. The van der Waals surface area contributed by atoms with Gasteiger partial charge in [0.15, 0.2) is 0 Å². The summed E-state index contributed by atoms with van der Waals surface area (Å²) in [5.41, 5.74) is 2.58. The van der Waals surface area contributed by atoms with Crippen LogP contribution in [-0.4, -0.2) is 4.57 Å². The van der Waals surface area contributed by atoms with Gasteiger partial charge in [0.2, 0.25) is 0 Å². The van der Waals surface area contributed by atoms with Gasteiger partial charge in [-0.3, -0.25) is 4.79 Å². The number of rotatable bonds is 0. The molecule has 0 unspecified atom stereocenters. The Labute approximate surface area is 104 Å². The van der Waals surface area contributed by atoms with Gasteiger partial charge in [0, 0.05) is 18.0 Å². The van der Waals surface area contributed by atoms with Crippen LogP contribution in [0.25, 0.3) is 21.7 Å². The molecule has 2 heterocycles. The number of benzene rings is 2. The molecule has 0 N–H and O–H groups in total. The van der Waals surface area contributed by atoms with E-state index in [-0.39, 0.29) is 5.56 Å². The van der Waals surface area contributed by atoms with E-state index in [9.17, 15) is 4.79 Å². The van der Waals surface area contributed by atoms with Crippen LogP contribution in [0.5, 0.6) is 0 Å². The van der Waals surface area contributed by atoms with E-state index in [1.807, 2.05) is 10.6 Å². The van der Waals surface area contributed by atoms with E-state index in [0.717, 1.165) is 24.9 Å². The van der Waals surface area contributed by atoms with Crippen molar-refractivity contribution in [1.29, 1.82) is 0 Å². The Kier molecular flexibility index (Phi) is 1.90. The van der Waals surface area contributed by atoms with Crippen molar-refractivity contribution in [3.05, 3.63) is 58.4 Å². The van der Waals surface area contributed by atoms with E-state index < -0.39 is 0 Å². The highest BCUT2D eigenvalue weighted by atomic mass is 16.1. The van der Waals surface area contributed by atoms with Gasteiger partial charge in [-0.25, -0.2) is 0 Å². The first-order valence-electron chi connectivity index (χ1n) is 6.39. The number of fused-ring (bicyclic) bond motifs is 2. The number of aryl methyl sites for hydroxylation is 2. The number of aromatic nitrogens is 1. The third-order valence-electron chi connectivity index (χ3n) is 3.90. The zero-order valence-electron chi connectivity index (χ0n) is 10.0. The second kappa shape index (κ2) is 3.45. The van der Waals surface area contributed by atoms with Crippen LogP contribution in [0.1, 0.15) is 12.0 Å². The molecule has 1 aliphatic rings. The zero-order chi connectivity index (χ0) is 12.1. The fraction of sp³-hybridized carbons (Fsp3) is 0.188. The lowest BCUT2D eigenvalue weighted by atomic mass is 9.96. The van der Waals surface area contributed by atoms with Crippen LogP contribution in [0.15, 0.2) is 47.3 Å². The Morgan fingerprint density at radius 1 is 1.00 bits per heavy atom. The van der Waals surface area contributed by atoms with Gasteiger partial charge in [-0.15, -0.1) is 0 Å². The summed E-state index contributed by atoms with van der Waals surface area (Å²) in [6, 6.07) is 14.3. The van der Waals surface area contributed by atoms with Gasteiger partial charge >= 0.3 is 0 Å². The number of pyridine rings is 1. The first kappa shape index (κ1) is 9.89. The van der Waals surface area contributed by atoms with Crippen LogP contribution in [0.3, 0.4) is 0 Å². The van der Waals surface area contributed by atoms with Gasteiger partial charge in [0.05, 0.1) is 5.52 Å². The summed E-state index contributed by atoms with van der Waals surface area (Å²) in [6.07, 6.45) is 2.13. The second-order valence-corrected chi connectivity index (χ2v) is 4.95. The lowest BCUT2D eigenvalue weighted by Crippen LogP contribution is -2.23. The molecular formula is C16H13NO. The van der Waals surface area contributed by atoms with Crippen molar-refractivity contribution in [3.63, 3.8) is 0 Å². The topological polar surface area (TPSA) is 22.0 Å². The number of hydrogen-bond donors (Lipinski definition) is 0. The Morgan fingerprint density at radius 3 is 2.83 bits per heavy atom. The molecule has 0 amide bonds. The molecule has 2 nitrogen and oxygen atoms in total. The Morgan fingerprint density at radius 2 is 1.89 bits per heavy atom. The Bertz CT molecular complexity index is 829. The van der Waals surface area contributed by atoms with E-state index in [2.05, 4.69) is 30.3 Å². The molecule has 88 valence electrons. The van der Waals surface area contributed by atoms with E-state index in [4.69, 9.17) is 0 Å². The second-order valence-electron chi connectivity index (χ2n) is 4.95. The Hall–Kier alpha value is -2.09. The molecule has 1 aromatic heterocycles. The summed E-state index contributed by atoms with van der Waals surface area (Å²) in [7, 11) is 0. The highest BCUT2D eigenvalue weighted by Gasteiger charge is 2.15. The molecule has 4 rings (SSSR count). The van der Waals surface area contributed by atoms with E-state index in [1.54, 1.807) is 6.07 Å². The highest BCUT2D eigenvalue weighted by molar-refractivity contribution is 6.07. The van der Waals surface area contributed by atoms with Crippen molar-refractivity contribution in [2.24, 2.45) is 0 Å². The van der Waals surface area contributed by atoms with Gasteiger partial charge in [0.1, 0.15) is 0 Å². The highest BCUT2D eigenvalue weighted by Crippen LogP contribution is 2.30. The van der Waals surface area contributed by atoms with Crippen LogP contribution in [0.2, 0.25) is 0 Å². The number of hydrogen-bond acceptors (Lipinski definition) is 1. The minimum absolute atomic E-state index is 0.124. The Balaban J connectivity index is 2.34. The summed E-state index contributed by atoms with van der Waals surface area (Å²) in [4.78, 5) is 11.9. The van der Waals surface area contributed by atoms with Gasteiger partial charge in [0.25, 0.3) is 5.56 Å². The van der Waals surface area contributed by atoms with Gasteiger partial charge in [-0.2, -0.15) is 0 Å². The monoisotopic (exact) mass is 235 g/mol. The molecule has 0 spiro atoms. The lowest BCUT2D eigenvalue weighted by molar-refractivity contribution is 0.616. The quantitative estimate of drug-likeness (QED) is 0.549. The van der Waals surface area contributed by atoms with Gasteiger partial charge < -0.3 is 4.57 Å². The molecule has 3 aromatic rings. The van der Waals surface area contributed by atoms with Crippen molar-refractivity contribution in [2.45, 2.75) is 19.4 Å². The van der Waals surface area contributed by atoms with E-state index in [0.29, 0.717) is 0 Å². The molecule has 0 saturated carbocycles. The molecule has 2 aromatic carbocycles. The molecule has 0 atom stereocenters. The van der Waals surface area contributed by atoms with Crippen LogP contribution in [0, 0.1) is 0 Å². The standard InChI is InChI=1S/C16H13NO/c18-15-8-7-14-13-6-2-1-4-11(13)10-12-5-3-9-17(15)16(12)14/h1-2,4,6-8,10H,3,5,9H2. The van der Waals surface area contributed by atoms with Crippen LogP contribution in [0.4, 0.5) is 0 Å². The maximum Gasteiger partial charge on any atom is 0.251 e. The minimum Gasteiger partial charge on any atom is -0.308 e. The third-order valence-corrected chi connectivity index (χ3v) is 3.90. The maximum absolute atomic E-state index is 11.9. The van der Waals surface area contributed by atoms with E-state index in [1.165, 1.54) is 21.7 Å².